The van der Waals surface area contributed by atoms with Crippen molar-refractivity contribution in [2.75, 3.05) is 5.32 Å². The fourth-order valence-corrected chi connectivity index (χ4v) is 3.04. The fraction of sp³-hybridized carbons (Fsp3) is 0.0909. The topological polar surface area (TPSA) is 118 Å². The van der Waals surface area contributed by atoms with Crippen LogP contribution in [0.15, 0.2) is 59.0 Å². The number of aryl methyl sites for hydroxylation is 2. The van der Waals surface area contributed by atoms with Gasteiger partial charge in [-0.1, -0.05) is 6.07 Å². The lowest BCUT2D eigenvalue weighted by Gasteiger charge is -2.08. The van der Waals surface area contributed by atoms with Crippen molar-refractivity contribution in [1.29, 1.82) is 0 Å². The van der Waals surface area contributed by atoms with Gasteiger partial charge in [0.05, 0.1) is 10.5 Å². The van der Waals surface area contributed by atoms with Crippen molar-refractivity contribution >= 4 is 28.4 Å². The van der Waals surface area contributed by atoms with E-state index in [2.05, 4.69) is 10.3 Å². The Morgan fingerprint density at radius 1 is 1.10 bits per heavy atom. The molecule has 1 aromatic heterocycles. The molecule has 0 saturated carbocycles. The van der Waals surface area contributed by atoms with Gasteiger partial charge in [0.1, 0.15) is 11.3 Å². The smallest absolute Gasteiger partial charge is 0.270 e. The number of nitrogens with one attached hydrogen (secondary N) is 1. The number of nitro groups is 1. The largest absolute Gasteiger partial charge is 0.507 e. The van der Waals surface area contributed by atoms with Crippen molar-refractivity contribution in [3.05, 3.63) is 81.4 Å². The highest BCUT2D eigenvalue weighted by Crippen LogP contribution is 2.34. The Morgan fingerprint density at radius 3 is 2.63 bits per heavy atom. The third-order valence-corrected chi connectivity index (χ3v) is 4.81. The summed E-state index contributed by atoms with van der Waals surface area (Å²) >= 11 is 0. The molecule has 0 atom stereocenters. The Labute approximate surface area is 170 Å². The molecule has 150 valence electrons. The minimum Gasteiger partial charge on any atom is -0.507 e. The number of fused-ring (bicyclic) bond motifs is 1. The molecular weight excluding hydrogens is 386 g/mol. The van der Waals surface area contributed by atoms with Crippen LogP contribution in [0.1, 0.15) is 21.5 Å². The number of hydrogen-bond acceptors (Lipinski definition) is 6. The van der Waals surface area contributed by atoms with Crippen LogP contribution in [0, 0.1) is 24.0 Å². The lowest BCUT2D eigenvalue weighted by atomic mass is 10.1. The van der Waals surface area contributed by atoms with Gasteiger partial charge in [0.15, 0.2) is 5.58 Å². The zero-order chi connectivity index (χ0) is 21.4. The zero-order valence-corrected chi connectivity index (χ0v) is 16.2. The van der Waals surface area contributed by atoms with Crippen LogP contribution in [0.4, 0.5) is 11.4 Å². The SMILES string of the molecule is Cc1cc2nc(-c3cc(NC(=O)c4cccc([N+](=O)[O-])c4)ccc3O)oc2cc1C. The monoisotopic (exact) mass is 403 g/mol. The lowest BCUT2D eigenvalue weighted by molar-refractivity contribution is -0.384. The summed E-state index contributed by atoms with van der Waals surface area (Å²) in [5.41, 5.74) is 4.07. The number of carbonyl (C=O) groups is 1. The Balaban J connectivity index is 1.66. The van der Waals surface area contributed by atoms with E-state index in [1.54, 1.807) is 0 Å². The number of nitro benzene ring substituents is 1. The molecule has 0 aliphatic rings. The molecule has 0 aliphatic carbocycles. The summed E-state index contributed by atoms with van der Waals surface area (Å²) in [6, 6.07) is 13.7. The van der Waals surface area contributed by atoms with Gasteiger partial charge in [0.25, 0.3) is 11.6 Å². The van der Waals surface area contributed by atoms with E-state index in [1.165, 1.54) is 42.5 Å². The van der Waals surface area contributed by atoms with Crippen LogP contribution in [0.5, 0.6) is 5.75 Å². The summed E-state index contributed by atoms with van der Waals surface area (Å²) < 4.78 is 5.80. The summed E-state index contributed by atoms with van der Waals surface area (Å²) in [7, 11) is 0. The summed E-state index contributed by atoms with van der Waals surface area (Å²) in [5.74, 6) is -0.346. The molecule has 0 bridgehead atoms. The summed E-state index contributed by atoms with van der Waals surface area (Å²) in [4.78, 5) is 27.3. The quantitative estimate of drug-likeness (QED) is 0.282. The van der Waals surface area contributed by atoms with Crippen LogP contribution in [0.25, 0.3) is 22.6 Å². The molecule has 4 rings (SSSR count). The first-order valence-corrected chi connectivity index (χ1v) is 9.09. The highest BCUT2D eigenvalue weighted by molar-refractivity contribution is 6.05. The Kier molecular flexibility index (Phi) is 4.67. The number of amides is 1. The van der Waals surface area contributed by atoms with Gasteiger partial charge in [-0.3, -0.25) is 14.9 Å². The van der Waals surface area contributed by atoms with E-state index in [1.807, 2.05) is 26.0 Å². The number of phenols is 1. The standard InChI is InChI=1S/C22H17N3O5/c1-12-8-18-20(9-13(12)2)30-22(24-18)17-11-15(6-7-19(17)26)23-21(27)14-4-3-5-16(10-14)25(28)29/h3-11,26H,1-2H3,(H,23,27). The van der Waals surface area contributed by atoms with Crippen LogP contribution in [0.3, 0.4) is 0 Å². The van der Waals surface area contributed by atoms with Gasteiger partial charge < -0.3 is 14.8 Å². The molecule has 0 spiro atoms. The number of rotatable bonds is 4. The number of oxazole rings is 1. The Bertz CT molecular complexity index is 1270. The molecule has 0 radical (unpaired) electrons. The first-order chi connectivity index (χ1) is 14.3. The van der Waals surface area contributed by atoms with E-state index in [9.17, 15) is 20.0 Å². The van der Waals surface area contributed by atoms with Gasteiger partial charge in [0.2, 0.25) is 5.89 Å². The highest BCUT2D eigenvalue weighted by Gasteiger charge is 2.16. The maximum Gasteiger partial charge on any atom is 0.270 e. The number of nitrogens with zero attached hydrogens (tertiary/aromatic N) is 2. The highest BCUT2D eigenvalue weighted by atomic mass is 16.6. The van der Waals surface area contributed by atoms with Crippen LogP contribution >= 0.6 is 0 Å². The third-order valence-electron chi connectivity index (χ3n) is 4.81. The summed E-state index contributed by atoms with van der Waals surface area (Å²) in [6.07, 6.45) is 0. The zero-order valence-electron chi connectivity index (χ0n) is 16.2. The number of phenolic OH excluding ortho intramolecular Hbond substituents is 1. The van der Waals surface area contributed by atoms with Gasteiger partial charge >= 0.3 is 0 Å². The van der Waals surface area contributed by atoms with Crippen molar-refractivity contribution < 1.29 is 19.2 Å². The van der Waals surface area contributed by atoms with Gasteiger partial charge in [-0.25, -0.2) is 4.98 Å². The molecule has 3 aromatic carbocycles. The predicted octanol–water partition coefficient (Wildman–Crippen LogP) is 4.98. The Morgan fingerprint density at radius 2 is 1.87 bits per heavy atom. The van der Waals surface area contributed by atoms with Gasteiger partial charge in [0, 0.05) is 23.4 Å². The number of aromatic nitrogens is 1. The second-order valence-corrected chi connectivity index (χ2v) is 6.92. The molecule has 0 unspecified atom stereocenters. The van der Waals surface area contributed by atoms with E-state index in [0.717, 1.165) is 11.1 Å². The molecular formula is C22H17N3O5. The average Bonchev–Trinajstić information content (AvgIpc) is 3.12. The maximum absolute atomic E-state index is 12.5. The van der Waals surface area contributed by atoms with Gasteiger partial charge in [-0.15, -0.1) is 0 Å². The van der Waals surface area contributed by atoms with Crippen molar-refractivity contribution in [2.24, 2.45) is 0 Å². The predicted molar refractivity (Wildman–Crippen MR) is 112 cm³/mol. The summed E-state index contributed by atoms with van der Waals surface area (Å²) in [5, 5.41) is 23.9. The minimum absolute atomic E-state index is 0.0525. The molecule has 8 nitrogen and oxygen atoms in total. The number of non-ortho nitro benzene ring substituents is 1. The van der Waals surface area contributed by atoms with E-state index >= 15 is 0 Å². The molecule has 0 saturated heterocycles. The van der Waals surface area contributed by atoms with Crippen LogP contribution in [-0.2, 0) is 0 Å². The normalized spacial score (nSPS) is 10.9. The Hall–Kier alpha value is -4.20. The summed E-state index contributed by atoms with van der Waals surface area (Å²) in [6.45, 7) is 3.95. The molecule has 4 aromatic rings. The number of benzene rings is 3. The number of anilines is 1. The van der Waals surface area contributed by atoms with Crippen LogP contribution in [-0.4, -0.2) is 20.9 Å². The average molecular weight is 403 g/mol. The number of hydrogen-bond donors (Lipinski definition) is 2. The van der Waals surface area contributed by atoms with Gasteiger partial charge in [-0.05, 0) is 61.4 Å². The fourth-order valence-electron chi connectivity index (χ4n) is 3.04. The van der Waals surface area contributed by atoms with Crippen molar-refractivity contribution in [1.82, 2.24) is 4.98 Å². The second-order valence-electron chi connectivity index (χ2n) is 6.92. The lowest BCUT2D eigenvalue weighted by Crippen LogP contribution is -2.12. The molecule has 30 heavy (non-hydrogen) atoms. The molecule has 0 fully saturated rings. The first kappa shape index (κ1) is 19.1. The second kappa shape index (κ2) is 7.32. The van der Waals surface area contributed by atoms with E-state index in [-0.39, 0.29) is 22.9 Å². The van der Waals surface area contributed by atoms with E-state index in [4.69, 9.17) is 4.42 Å². The van der Waals surface area contributed by atoms with Crippen molar-refractivity contribution in [3.8, 4) is 17.2 Å². The molecule has 1 amide bonds. The maximum atomic E-state index is 12.5. The van der Waals surface area contributed by atoms with E-state index < -0.39 is 10.8 Å². The van der Waals surface area contributed by atoms with Crippen molar-refractivity contribution in [2.45, 2.75) is 13.8 Å². The molecule has 0 aliphatic heterocycles. The minimum atomic E-state index is -0.563. The molecule has 8 heteroatoms. The van der Waals surface area contributed by atoms with Crippen LogP contribution < -0.4 is 5.32 Å². The van der Waals surface area contributed by atoms with Crippen LogP contribution in [0.2, 0.25) is 0 Å². The number of aromatic hydroxyl groups is 1. The number of carbonyl (C=O) groups excluding carboxylic acids is 1. The first-order valence-electron chi connectivity index (χ1n) is 9.09. The molecule has 2 N–H and O–H groups in total. The third kappa shape index (κ3) is 3.58. The van der Waals surface area contributed by atoms with E-state index in [0.29, 0.717) is 22.4 Å². The van der Waals surface area contributed by atoms with Crippen molar-refractivity contribution in [3.63, 3.8) is 0 Å². The van der Waals surface area contributed by atoms with Gasteiger partial charge in [-0.2, -0.15) is 0 Å². The molecule has 1 heterocycles.